The number of likely N-dealkylation sites (tertiary alicyclic amines) is 1. The molecule has 7 nitrogen and oxygen atoms in total. The number of urea groups is 1. The van der Waals surface area contributed by atoms with E-state index in [0.717, 1.165) is 5.56 Å². The number of para-hydroxylation sites is 2. The number of ether oxygens (including phenoxy) is 1. The van der Waals surface area contributed by atoms with E-state index in [9.17, 15) is 14.4 Å². The van der Waals surface area contributed by atoms with Crippen molar-refractivity contribution < 1.29 is 19.1 Å². The van der Waals surface area contributed by atoms with Crippen molar-refractivity contribution in [3.63, 3.8) is 0 Å². The Bertz CT molecular complexity index is 938. The second-order valence-corrected chi connectivity index (χ2v) is 7.64. The van der Waals surface area contributed by atoms with Crippen LogP contribution in [0.3, 0.4) is 0 Å². The van der Waals surface area contributed by atoms with Gasteiger partial charge in [-0.2, -0.15) is 0 Å². The first-order valence-corrected chi connectivity index (χ1v) is 10.2. The third-order valence-corrected chi connectivity index (χ3v) is 5.71. The Hall–Kier alpha value is -3.35. The molecule has 4 rings (SSSR count). The number of benzene rings is 2. The molecule has 0 spiro atoms. The number of hydrogen-bond acceptors (Lipinski definition) is 4. The largest absolute Gasteiger partial charge is 0.484 e. The van der Waals surface area contributed by atoms with Gasteiger partial charge in [0, 0.05) is 19.1 Å². The van der Waals surface area contributed by atoms with Crippen molar-refractivity contribution in [1.29, 1.82) is 0 Å². The number of rotatable bonds is 5. The molecule has 2 aromatic rings. The number of carbonyl (C=O) groups excluding carboxylic acids is 3. The van der Waals surface area contributed by atoms with Crippen LogP contribution in [0.15, 0.2) is 54.6 Å². The fraction of sp³-hybridized carbons (Fsp3) is 0.348. The smallest absolute Gasteiger partial charge is 0.332 e. The molecule has 2 aliphatic rings. The summed E-state index contributed by atoms with van der Waals surface area (Å²) in [5, 5.41) is 0. The zero-order valence-electron chi connectivity index (χ0n) is 17.0. The zero-order valence-corrected chi connectivity index (χ0v) is 17.0. The van der Waals surface area contributed by atoms with Gasteiger partial charge in [-0.25, -0.2) is 9.69 Å². The van der Waals surface area contributed by atoms with E-state index in [1.807, 2.05) is 49.4 Å². The molecule has 0 atom stereocenters. The molecule has 2 aromatic carbocycles. The van der Waals surface area contributed by atoms with Crippen LogP contribution >= 0.6 is 0 Å². The predicted molar refractivity (Wildman–Crippen MR) is 112 cm³/mol. The lowest BCUT2D eigenvalue weighted by Gasteiger charge is -2.36. The molecule has 0 bridgehead atoms. The van der Waals surface area contributed by atoms with Crippen LogP contribution in [0.1, 0.15) is 18.4 Å². The monoisotopic (exact) mass is 407 g/mol. The predicted octanol–water partition coefficient (Wildman–Crippen LogP) is 2.83. The molecule has 2 fully saturated rings. The topological polar surface area (TPSA) is 70.2 Å². The molecule has 0 radical (unpaired) electrons. The van der Waals surface area contributed by atoms with Gasteiger partial charge in [0.1, 0.15) is 12.3 Å². The molecule has 2 saturated heterocycles. The minimum absolute atomic E-state index is 0.00155. The van der Waals surface area contributed by atoms with Crippen molar-refractivity contribution in [2.24, 2.45) is 0 Å². The van der Waals surface area contributed by atoms with E-state index in [2.05, 4.69) is 0 Å². The molecule has 2 aliphatic heterocycles. The quantitative estimate of drug-likeness (QED) is 0.715. The molecule has 0 saturated carbocycles. The summed E-state index contributed by atoms with van der Waals surface area (Å²) in [6, 6.07) is 16.3. The van der Waals surface area contributed by atoms with Crippen molar-refractivity contribution in [1.82, 2.24) is 9.80 Å². The molecule has 4 amide bonds. The summed E-state index contributed by atoms with van der Waals surface area (Å²) in [7, 11) is 0. The van der Waals surface area contributed by atoms with Gasteiger partial charge in [-0.15, -0.1) is 0 Å². The number of amides is 4. The molecule has 156 valence electrons. The van der Waals surface area contributed by atoms with Crippen molar-refractivity contribution >= 4 is 23.5 Å². The fourth-order valence-corrected chi connectivity index (χ4v) is 4.01. The van der Waals surface area contributed by atoms with E-state index in [0.29, 0.717) is 37.4 Å². The van der Waals surface area contributed by atoms with Crippen LogP contribution < -0.4 is 9.64 Å². The molecule has 0 aromatic heterocycles. The Morgan fingerprint density at radius 3 is 2.37 bits per heavy atom. The minimum atomic E-state index is -0.279. The summed E-state index contributed by atoms with van der Waals surface area (Å²) in [5.41, 5.74) is 1.58. The number of nitrogens with zero attached hydrogens (tertiary/aromatic N) is 3. The zero-order chi connectivity index (χ0) is 21.1. The summed E-state index contributed by atoms with van der Waals surface area (Å²) in [5.74, 6) is 0.436. The normalized spacial score (nSPS) is 17.6. The van der Waals surface area contributed by atoms with Crippen LogP contribution in [-0.2, 0) is 9.59 Å². The minimum Gasteiger partial charge on any atom is -0.484 e. The maximum Gasteiger partial charge on any atom is 0.332 e. The maximum absolute atomic E-state index is 12.9. The lowest BCUT2D eigenvalue weighted by Crippen LogP contribution is -2.49. The van der Waals surface area contributed by atoms with Crippen LogP contribution in [0.4, 0.5) is 10.5 Å². The Labute approximate surface area is 175 Å². The first-order chi connectivity index (χ1) is 14.5. The summed E-state index contributed by atoms with van der Waals surface area (Å²) in [6.07, 6.45) is 1.30. The van der Waals surface area contributed by atoms with E-state index in [1.165, 1.54) is 4.90 Å². The standard InChI is InChI=1S/C23H25N3O4/c1-17-7-5-6-10-20(17)30-16-22(28)24-13-11-18(12-14-24)25-15-21(27)26(23(25)29)19-8-3-2-4-9-19/h2-10,18H,11-16H2,1H3. The highest BCUT2D eigenvalue weighted by molar-refractivity contribution is 6.19. The van der Waals surface area contributed by atoms with Crippen LogP contribution in [0, 0.1) is 6.92 Å². The van der Waals surface area contributed by atoms with Crippen molar-refractivity contribution in [3.8, 4) is 5.75 Å². The Morgan fingerprint density at radius 1 is 1.00 bits per heavy atom. The first-order valence-electron chi connectivity index (χ1n) is 10.2. The van der Waals surface area contributed by atoms with Gasteiger partial charge in [-0.05, 0) is 43.5 Å². The van der Waals surface area contributed by atoms with Gasteiger partial charge in [0.15, 0.2) is 6.61 Å². The highest BCUT2D eigenvalue weighted by atomic mass is 16.5. The highest BCUT2D eigenvalue weighted by Gasteiger charge is 2.41. The number of piperidine rings is 1. The number of carbonyl (C=O) groups is 3. The Kier molecular flexibility index (Phi) is 5.70. The van der Waals surface area contributed by atoms with Crippen LogP contribution in [0.2, 0.25) is 0 Å². The molecule has 7 heteroatoms. The van der Waals surface area contributed by atoms with Crippen LogP contribution in [0.5, 0.6) is 5.75 Å². The van der Waals surface area contributed by atoms with E-state index in [1.54, 1.807) is 21.9 Å². The molecule has 0 unspecified atom stereocenters. The van der Waals surface area contributed by atoms with E-state index >= 15 is 0 Å². The van der Waals surface area contributed by atoms with Crippen molar-refractivity contribution in [3.05, 3.63) is 60.2 Å². The van der Waals surface area contributed by atoms with E-state index in [-0.39, 0.29) is 37.0 Å². The summed E-state index contributed by atoms with van der Waals surface area (Å²) in [4.78, 5) is 42.5. The molecule has 2 heterocycles. The summed E-state index contributed by atoms with van der Waals surface area (Å²) >= 11 is 0. The number of anilines is 1. The Balaban J connectivity index is 1.31. The second-order valence-electron chi connectivity index (χ2n) is 7.64. The van der Waals surface area contributed by atoms with Crippen LogP contribution in [-0.4, -0.2) is 59.9 Å². The lowest BCUT2D eigenvalue weighted by molar-refractivity contribution is -0.134. The number of imide groups is 1. The maximum atomic E-state index is 12.9. The van der Waals surface area contributed by atoms with Gasteiger partial charge in [0.2, 0.25) is 0 Å². The number of hydrogen-bond donors (Lipinski definition) is 0. The molecule has 30 heavy (non-hydrogen) atoms. The van der Waals surface area contributed by atoms with E-state index in [4.69, 9.17) is 4.74 Å². The summed E-state index contributed by atoms with van der Waals surface area (Å²) < 4.78 is 5.67. The second kappa shape index (κ2) is 8.57. The molecular weight excluding hydrogens is 382 g/mol. The Morgan fingerprint density at radius 2 is 1.67 bits per heavy atom. The first kappa shape index (κ1) is 19.9. The summed E-state index contributed by atoms with van der Waals surface area (Å²) in [6.45, 7) is 3.12. The third-order valence-electron chi connectivity index (χ3n) is 5.71. The number of aryl methyl sites for hydroxylation is 1. The van der Waals surface area contributed by atoms with Gasteiger partial charge in [0.05, 0.1) is 5.69 Å². The third kappa shape index (κ3) is 4.01. The highest BCUT2D eigenvalue weighted by Crippen LogP contribution is 2.26. The molecule has 0 aliphatic carbocycles. The van der Waals surface area contributed by atoms with Gasteiger partial charge in [-0.1, -0.05) is 36.4 Å². The van der Waals surface area contributed by atoms with Gasteiger partial charge in [-0.3, -0.25) is 9.59 Å². The van der Waals surface area contributed by atoms with Gasteiger partial charge >= 0.3 is 6.03 Å². The molecular formula is C23H25N3O4. The lowest BCUT2D eigenvalue weighted by atomic mass is 10.0. The van der Waals surface area contributed by atoms with Crippen LogP contribution in [0.25, 0.3) is 0 Å². The average molecular weight is 407 g/mol. The average Bonchev–Trinajstić information content (AvgIpc) is 3.07. The fourth-order valence-electron chi connectivity index (χ4n) is 4.01. The van der Waals surface area contributed by atoms with Crippen molar-refractivity contribution in [2.45, 2.75) is 25.8 Å². The van der Waals surface area contributed by atoms with Gasteiger partial charge in [0.25, 0.3) is 11.8 Å². The SMILES string of the molecule is Cc1ccccc1OCC(=O)N1CCC(N2CC(=O)N(c3ccccc3)C2=O)CC1. The van der Waals surface area contributed by atoms with Crippen molar-refractivity contribution in [2.75, 3.05) is 31.1 Å². The van der Waals surface area contributed by atoms with E-state index < -0.39 is 0 Å². The van der Waals surface area contributed by atoms with Gasteiger partial charge < -0.3 is 14.5 Å². The molecule has 0 N–H and O–H groups in total.